The third kappa shape index (κ3) is 2.79. The fourth-order valence-corrected chi connectivity index (χ4v) is 3.17. The molecule has 1 aliphatic heterocycles. The summed E-state index contributed by atoms with van der Waals surface area (Å²) < 4.78 is 0. The van der Waals surface area contributed by atoms with Gasteiger partial charge in [-0.25, -0.2) is 0 Å². The van der Waals surface area contributed by atoms with E-state index in [2.05, 4.69) is 5.32 Å². The molecule has 1 aliphatic rings. The zero-order valence-electron chi connectivity index (χ0n) is 9.85. The molecule has 2 rings (SSSR count). The van der Waals surface area contributed by atoms with Crippen LogP contribution in [0.3, 0.4) is 0 Å². The van der Waals surface area contributed by atoms with Crippen molar-refractivity contribution in [2.24, 2.45) is 0 Å². The van der Waals surface area contributed by atoms with Crippen LogP contribution in [0.2, 0.25) is 5.02 Å². The lowest BCUT2D eigenvalue weighted by Gasteiger charge is -2.23. The van der Waals surface area contributed by atoms with Crippen molar-refractivity contribution in [3.05, 3.63) is 34.9 Å². The maximum atomic E-state index is 11.8. The van der Waals surface area contributed by atoms with Crippen LogP contribution in [0.4, 0.5) is 0 Å². The molecule has 0 aliphatic carbocycles. The van der Waals surface area contributed by atoms with Crippen LogP contribution < -0.4 is 5.32 Å². The molecule has 1 heterocycles. The molecule has 1 aromatic rings. The predicted molar refractivity (Wildman–Crippen MR) is 72.4 cm³/mol. The van der Waals surface area contributed by atoms with Crippen LogP contribution in [-0.4, -0.2) is 36.1 Å². The highest BCUT2D eigenvalue weighted by atomic mass is 35.5. The number of hydrogen-bond acceptors (Lipinski definition) is 3. The average Bonchev–Trinajstić information content (AvgIpc) is 2.71. The summed E-state index contributed by atoms with van der Waals surface area (Å²) in [7, 11) is 1.56. The van der Waals surface area contributed by atoms with E-state index in [0.29, 0.717) is 10.8 Å². The predicted octanol–water partition coefficient (Wildman–Crippen LogP) is 1.66. The van der Waals surface area contributed by atoms with Gasteiger partial charge in [0.2, 0.25) is 11.8 Å². The van der Waals surface area contributed by atoms with E-state index < -0.39 is 0 Å². The van der Waals surface area contributed by atoms with Crippen LogP contribution >= 0.6 is 23.4 Å². The Hall–Kier alpha value is -1.20. The van der Waals surface area contributed by atoms with Gasteiger partial charge in [0.15, 0.2) is 0 Å². The molecule has 0 bridgehead atoms. The van der Waals surface area contributed by atoms with E-state index in [0.717, 1.165) is 5.56 Å². The summed E-state index contributed by atoms with van der Waals surface area (Å²) in [5.41, 5.74) is 0.947. The molecular formula is C12H13ClN2O2S. The number of nitrogens with zero attached hydrogens (tertiary/aromatic N) is 1. The highest BCUT2D eigenvalue weighted by Gasteiger charge is 2.33. The third-order valence-electron chi connectivity index (χ3n) is 2.69. The lowest BCUT2D eigenvalue weighted by Crippen LogP contribution is -2.37. The number of likely N-dealkylation sites (N-methyl/N-ethyl adjacent to an activating group) is 1. The molecule has 1 unspecified atom stereocenters. The van der Waals surface area contributed by atoms with E-state index >= 15 is 0 Å². The number of thioether (sulfide) groups is 1. The topological polar surface area (TPSA) is 49.4 Å². The molecule has 6 heteroatoms. The Labute approximate surface area is 115 Å². The molecule has 2 amide bonds. The SMILES string of the molecule is CNC(=O)CN1C(=O)CSC1c1cccc(Cl)c1. The van der Waals surface area contributed by atoms with Gasteiger partial charge >= 0.3 is 0 Å². The minimum Gasteiger partial charge on any atom is -0.358 e. The maximum absolute atomic E-state index is 11.8. The second-order valence-electron chi connectivity index (χ2n) is 3.91. The van der Waals surface area contributed by atoms with Crippen LogP contribution in [0.1, 0.15) is 10.9 Å². The highest BCUT2D eigenvalue weighted by molar-refractivity contribution is 8.00. The van der Waals surface area contributed by atoms with Gasteiger partial charge in [-0.3, -0.25) is 9.59 Å². The minimum absolute atomic E-state index is 0.0198. The zero-order valence-corrected chi connectivity index (χ0v) is 11.4. The second-order valence-corrected chi connectivity index (χ2v) is 5.42. The van der Waals surface area contributed by atoms with Crippen molar-refractivity contribution in [2.45, 2.75) is 5.37 Å². The summed E-state index contributed by atoms with van der Waals surface area (Å²) in [6.45, 7) is 0.0829. The van der Waals surface area contributed by atoms with Gasteiger partial charge in [-0.2, -0.15) is 0 Å². The van der Waals surface area contributed by atoms with E-state index in [1.54, 1.807) is 18.0 Å². The fourth-order valence-electron chi connectivity index (χ4n) is 1.80. The lowest BCUT2D eigenvalue weighted by molar-refractivity contribution is -0.133. The number of benzene rings is 1. The van der Waals surface area contributed by atoms with Gasteiger partial charge < -0.3 is 10.2 Å². The van der Waals surface area contributed by atoms with Gasteiger partial charge in [0.1, 0.15) is 11.9 Å². The third-order valence-corrected chi connectivity index (χ3v) is 4.19. The van der Waals surface area contributed by atoms with Gasteiger partial charge in [0.05, 0.1) is 5.75 Å². The highest BCUT2D eigenvalue weighted by Crippen LogP contribution is 2.38. The Bertz CT molecular complexity index is 481. The molecule has 1 fully saturated rings. The number of carbonyl (C=O) groups is 2. The fraction of sp³-hybridized carbons (Fsp3) is 0.333. The largest absolute Gasteiger partial charge is 0.358 e. The zero-order chi connectivity index (χ0) is 13.1. The molecule has 18 heavy (non-hydrogen) atoms. The molecule has 1 N–H and O–H groups in total. The quantitative estimate of drug-likeness (QED) is 0.918. The van der Waals surface area contributed by atoms with Crippen LogP contribution in [0.15, 0.2) is 24.3 Å². The summed E-state index contributed by atoms with van der Waals surface area (Å²) in [5, 5.41) is 3.03. The van der Waals surface area contributed by atoms with E-state index in [4.69, 9.17) is 11.6 Å². The van der Waals surface area contributed by atoms with Crippen LogP contribution in [-0.2, 0) is 9.59 Å². The normalized spacial score (nSPS) is 19.1. The molecule has 0 spiro atoms. The lowest BCUT2D eigenvalue weighted by atomic mass is 10.2. The minimum atomic E-state index is -0.169. The van der Waals surface area contributed by atoms with Crippen molar-refractivity contribution >= 4 is 35.2 Å². The molecule has 0 aromatic heterocycles. The van der Waals surface area contributed by atoms with Crippen molar-refractivity contribution in [1.29, 1.82) is 0 Å². The summed E-state index contributed by atoms with van der Waals surface area (Å²) >= 11 is 7.46. The molecule has 0 radical (unpaired) electrons. The van der Waals surface area contributed by atoms with E-state index in [-0.39, 0.29) is 23.7 Å². The molecule has 1 aromatic carbocycles. The molecule has 1 atom stereocenters. The molecule has 96 valence electrons. The van der Waals surface area contributed by atoms with E-state index in [9.17, 15) is 9.59 Å². The van der Waals surface area contributed by atoms with Gasteiger partial charge in [-0.05, 0) is 17.7 Å². The number of rotatable bonds is 3. The first-order valence-electron chi connectivity index (χ1n) is 5.49. The Balaban J connectivity index is 2.21. The summed E-state index contributed by atoms with van der Waals surface area (Å²) in [6.07, 6.45) is 0. The van der Waals surface area contributed by atoms with Gasteiger partial charge in [0.25, 0.3) is 0 Å². The van der Waals surface area contributed by atoms with Gasteiger partial charge in [0, 0.05) is 12.1 Å². The van der Waals surface area contributed by atoms with Crippen LogP contribution in [0, 0.1) is 0 Å². The van der Waals surface area contributed by atoms with Gasteiger partial charge in [-0.15, -0.1) is 11.8 Å². The number of hydrogen-bond donors (Lipinski definition) is 1. The Morgan fingerprint density at radius 3 is 3.06 bits per heavy atom. The molecule has 4 nitrogen and oxygen atoms in total. The Morgan fingerprint density at radius 1 is 1.61 bits per heavy atom. The van der Waals surface area contributed by atoms with Crippen molar-refractivity contribution in [2.75, 3.05) is 19.3 Å². The van der Waals surface area contributed by atoms with Crippen molar-refractivity contribution in [3.8, 4) is 0 Å². The van der Waals surface area contributed by atoms with E-state index in [1.807, 2.05) is 18.2 Å². The van der Waals surface area contributed by atoms with Crippen molar-refractivity contribution in [3.63, 3.8) is 0 Å². The standard InChI is InChI=1S/C12H13ClN2O2S/c1-14-10(16)6-15-11(17)7-18-12(15)8-3-2-4-9(13)5-8/h2-5,12H,6-7H2,1H3,(H,14,16). The van der Waals surface area contributed by atoms with E-state index in [1.165, 1.54) is 11.8 Å². The summed E-state index contributed by atoms with van der Waals surface area (Å²) in [5.74, 6) is 0.209. The first-order valence-corrected chi connectivity index (χ1v) is 6.91. The monoisotopic (exact) mass is 284 g/mol. The average molecular weight is 285 g/mol. The second kappa shape index (κ2) is 5.63. The smallest absolute Gasteiger partial charge is 0.239 e. The maximum Gasteiger partial charge on any atom is 0.239 e. The number of halogens is 1. The number of carbonyl (C=O) groups excluding carboxylic acids is 2. The molecule has 0 saturated carbocycles. The first-order chi connectivity index (χ1) is 8.61. The number of amides is 2. The Kier molecular flexibility index (Phi) is 4.14. The van der Waals surface area contributed by atoms with Crippen molar-refractivity contribution in [1.82, 2.24) is 10.2 Å². The molecule has 1 saturated heterocycles. The summed E-state index contributed by atoms with van der Waals surface area (Å²) in [6, 6.07) is 7.38. The Morgan fingerprint density at radius 2 is 2.39 bits per heavy atom. The van der Waals surface area contributed by atoms with Crippen LogP contribution in [0.25, 0.3) is 0 Å². The molecular weight excluding hydrogens is 272 g/mol. The summed E-state index contributed by atoms with van der Waals surface area (Å²) in [4.78, 5) is 24.8. The van der Waals surface area contributed by atoms with Crippen LogP contribution in [0.5, 0.6) is 0 Å². The first kappa shape index (κ1) is 13.2. The van der Waals surface area contributed by atoms with Crippen molar-refractivity contribution < 1.29 is 9.59 Å². The number of nitrogens with one attached hydrogen (secondary N) is 1. The van der Waals surface area contributed by atoms with Gasteiger partial charge in [-0.1, -0.05) is 23.7 Å².